The molecule has 0 saturated carbocycles. The monoisotopic (exact) mass is 267 g/mol. The van der Waals surface area contributed by atoms with E-state index < -0.39 is 6.10 Å². The Hall–Kier alpha value is -1.26. The summed E-state index contributed by atoms with van der Waals surface area (Å²) in [4.78, 5) is 0. The van der Waals surface area contributed by atoms with Crippen molar-refractivity contribution in [2.24, 2.45) is 0 Å². The van der Waals surface area contributed by atoms with E-state index in [-0.39, 0.29) is 6.10 Å². The van der Waals surface area contributed by atoms with Crippen molar-refractivity contribution in [2.45, 2.75) is 52.5 Å². The number of methoxy groups -OCH3 is 1. The SMILES string of the molecule is COc1ccc(CNC(C)C)cc1OC(C)C(C)O. The number of ether oxygens (including phenoxy) is 2. The van der Waals surface area contributed by atoms with Gasteiger partial charge in [0.1, 0.15) is 6.10 Å². The van der Waals surface area contributed by atoms with Crippen LogP contribution in [-0.2, 0) is 6.54 Å². The first kappa shape index (κ1) is 15.8. The van der Waals surface area contributed by atoms with Crippen LogP contribution >= 0.6 is 0 Å². The molecular formula is C15H25NO3. The Balaban J connectivity index is 2.83. The molecule has 1 aromatic rings. The third-order valence-corrected chi connectivity index (χ3v) is 2.93. The highest BCUT2D eigenvalue weighted by molar-refractivity contribution is 5.43. The van der Waals surface area contributed by atoms with Gasteiger partial charge in [-0.1, -0.05) is 19.9 Å². The van der Waals surface area contributed by atoms with Gasteiger partial charge in [-0.15, -0.1) is 0 Å². The van der Waals surface area contributed by atoms with Gasteiger partial charge in [-0.2, -0.15) is 0 Å². The summed E-state index contributed by atoms with van der Waals surface area (Å²) in [6.07, 6.45) is -0.802. The van der Waals surface area contributed by atoms with Gasteiger partial charge < -0.3 is 19.9 Å². The van der Waals surface area contributed by atoms with E-state index in [9.17, 15) is 5.11 Å². The van der Waals surface area contributed by atoms with Crippen molar-refractivity contribution in [1.29, 1.82) is 0 Å². The number of benzene rings is 1. The summed E-state index contributed by atoms with van der Waals surface area (Å²) >= 11 is 0. The van der Waals surface area contributed by atoms with E-state index in [2.05, 4.69) is 19.2 Å². The van der Waals surface area contributed by atoms with Crippen LogP contribution in [-0.4, -0.2) is 30.5 Å². The maximum atomic E-state index is 9.51. The van der Waals surface area contributed by atoms with Gasteiger partial charge in [-0.3, -0.25) is 0 Å². The molecule has 108 valence electrons. The zero-order chi connectivity index (χ0) is 14.4. The van der Waals surface area contributed by atoms with Crippen LogP contribution < -0.4 is 14.8 Å². The topological polar surface area (TPSA) is 50.7 Å². The van der Waals surface area contributed by atoms with Crippen molar-refractivity contribution in [3.8, 4) is 11.5 Å². The van der Waals surface area contributed by atoms with Crippen molar-refractivity contribution in [1.82, 2.24) is 5.32 Å². The lowest BCUT2D eigenvalue weighted by atomic mass is 10.2. The second-order valence-electron chi connectivity index (χ2n) is 5.08. The minimum Gasteiger partial charge on any atom is -0.493 e. The quantitative estimate of drug-likeness (QED) is 0.796. The van der Waals surface area contributed by atoms with Crippen LogP contribution in [0.3, 0.4) is 0 Å². The van der Waals surface area contributed by atoms with E-state index in [0.29, 0.717) is 17.5 Å². The standard InChI is InChI=1S/C15H25NO3/c1-10(2)16-9-13-6-7-14(18-5)15(8-13)19-12(4)11(3)17/h6-8,10-12,16-17H,9H2,1-5H3. The zero-order valence-corrected chi connectivity index (χ0v) is 12.4. The Kier molecular flexibility index (Phi) is 6.12. The van der Waals surface area contributed by atoms with Crippen molar-refractivity contribution >= 4 is 0 Å². The number of rotatable bonds is 7. The summed E-state index contributed by atoms with van der Waals surface area (Å²) in [6.45, 7) is 8.54. The Morgan fingerprint density at radius 2 is 1.84 bits per heavy atom. The van der Waals surface area contributed by atoms with Gasteiger partial charge in [0.15, 0.2) is 11.5 Å². The zero-order valence-electron chi connectivity index (χ0n) is 12.4. The molecule has 0 aromatic heterocycles. The molecule has 2 atom stereocenters. The Morgan fingerprint density at radius 1 is 1.16 bits per heavy atom. The molecule has 4 heteroatoms. The van der Waals surface area contributed by atoms with Crippen molar-refractivity contribution in [3.63, 3.8) is 0 Å². The van der Waals surface area contributed by atoms with Crippen LogP contribution in [0.5, 0.6) is 11.5 Å². The lowest BCUT2D eigenvalue weighted by molar-refractivity contribution is 0.0586. The fourth-order valence-corrected chi connectivity index (χ4v) is 1.54. The van der Waals surface area contributed by atoms with Crippen LogP contribution in [0.25, 0.3) is 0 Å². The molecule has 1 rings (SSSR count). The molecule has 2 unspecified atom stereocenters. The number of nitrogens with one attached hydrogen (secondary N) is 1. The molecule has 0 bridgehead atoms. The highest BCUT2D eigenvalue weighted by Crippen LogP contribution is 2.29. The van der Waals surface area contributed by atoms with Gasteiger partial charge in [0, 0.05) is 12.6 Å². The fraction of sp³-hybridized carbons (Fsp3) is 0.600. The summed E-state index contributed by atoms with van der Waals surface area (Å²) in [5.74, 6) is 1.35. The molecule has 0 radical (unpaired) electrons. The smallest absolute Gasteiger partial charge is 0.162 e. The predicted molar refractivity (Wildman–Crippen MR) is 76.7 cm³/mol. The summed E-state index contributed by atoms with van der Waals surface area (Å²) in [5, 5.41) is 12.9. The molecule has 0 heterocycles. The second kappa shape index (κ2) is 7.36. The van der Waals surface area contributed by atoms with Crippen molar-refractivity contribution in [2.75, 3.05) is 7.11 Å². The lowest BCUT2D eigenvalue weighted by Crippen LogP contribution is -2.26. The van der Waals surface area contributed by atoms with Crippen LogP contribution in [0.4, 0.5) is 0 Å². The van der Waals surface area contributed by atoms with E-state index in [1.807, 2.05) is 25.1 Å². The van der Waals surface area contributed by atoms with Crippen LogP contribution in [0, 0.1) is 0 Å². The first-order valence-electron chi connectivity index (χ1n) is 6.69. The third-order valence-electron chi connectivity index (χ3n) is 2.93. The predicted octanol–water partition coefficient (Wildman–Crippen LogP) is 2.34. The molecule has 1 aromatic carbocycles. The summed E-state index contributed by atoms with van der Waals surface area (Å²) in [6, 6.07) is 6.28. The molecule has 2 N–H and O–H groups in total. The molecule has 0 amide bonds. The third kappa shape index (κ3) is 5.09. The summed E-state index contributed by atoms with van der Waals surface area (Å²) in [5.41, 5.74) is 1.13. The number of hydrogen-bond donors (Lipinski definition) is 2. The Morgan fingerprint density at radius 3 is 2.37 bits per heavy atom. The van der Waals surface area contributed by atoms with Crippen molar-refractivity contribution < 1.29 is 14.6 Å². The van der Waals surface area contributed by atoms with Crippen LogP contribution in [0.2, 0.25) is 0 Å². The minimum absolute atomic E-state index is 0.276. The number of aliphatic hydroxyl groups is 1. The summed E-state index contributed by atoms with van der Waals surface area (Å²) in [7, 11) is 1.61. The molecule has 0 spiro atoms. The van der Waals surface area contributed by atoms with E-state index in [1.54, 1.807) is 14.0 Å². The number of hydrogen-bond acceptors (Lipinski definition) is 4. The van der Waals surface area contributed by atoms with Crippen LogP contribution in [0.1, 0.15) is 33.3 Å². The van der Waals surface area contributed by atoms with E-state index >= 15 is 0 Å². The average molecular weight is 267 g/mol. The maximum Gasteiger partial charge on any atom is 0.162 e. The molecule has 0 aliphatic carbocycles. The maximum absolute atomic E-state index is 9.51. The lowest BCUT2D eigenvalue weighted by Gasteiger charge is -2.20. The molecular weight excluding hydrogens is 242 g/mol. The van der Waals surface area contributed by atoms with Gasteiger partial charge in [0.05, 0.1) is 13.2 Å². The van der Waals surface area contributed by atoms with Gasteiger partial charge in [0.2, 0.25) is 0 Å². The van der Waals surface area contributed by atoms with E-state index in [0.717, 1.165) is 12.1 Å². The van der Waals surface area contributed by atoms with Gasteiger partial charge in [-0.05, 0) is 31.5 Å². The second-order valence-corrected chi connectivity index (χ2v) is 5.08. The molecule has 0 saturated heterocycles. The van der Waals surface area contributed by atoms with Gasteiger partial charge in [-0.25, -0.2) is 0 Å². The Bertz CT molecular complexity index is 391. The molecule has 19 heavy (non-hydrogen) atoms. The highest BCUT2D eigenvalue weighted by Gasteiger charge is 2.14. The number of aliphatic hydroxyl groups excluding tert-OH is 1. The molecule has 4 nitrogen and oxygen atoms in total. The minimum atomic E-state index is -0.526. The van der Waals surface area contributed by atoms with Gasteiger partial charge in [0.25, 0.3) is 0 Å². The first-order chi connectivity index (χ1) is 8.93. The van der Waals surface area contributed by atoms with Crippen molar-refractivity contribution in [3.05, 3.63) is 23.8 Å². The van der Waals surface area contributed by atoms with E-state index in [4.69, 9.17) is 9.47 Å². The fourth-order valence-electron chi connectivity index (χ4n) is 1.54. The first-order valence-corrected chi connectivity index (χ1v) is 6.69. The molecule has 0 aliphatic heterocycles. The summed E-state index contributed by atoms with van der Waals surface area (Å²) < 4.78 is 11.0. The average Bonchev–Trinajstić information content (AvgIpc) is 2.36. The molecule has 0 aliphatic rings. The van der Waals surface area contributed by atoms with Crippen LogP contribution in [0.15, 0.2) is 18.2 Å². The highest BCUT2D eigenvalue weighted by atomic mass is 16.5. The molecule has 0 fully saturated rings. The Labute approximate surface area is 115 Å². The largest absolute Gasteiger partial charge is 0.493 e. The van der Waals surface area contributed by atoms with E-state index in [1.165, 1.54) is 0 Å². The normalized spacial score (nSPS) is 14.3. The van der Waals surface area contributed by atoms with Gasteiger partial charge >= 0.3 is 0 Å².